The van der Waals surface area contributed by atoms with Crippen molar-refractivity contribution in [2.24, 2.45) is 0 Å². The van der Waals surface area contributed by atoms with Gasteiger partial charge in [-0.15, -0.1) is 0 Å². The highest BCUT2D eigenvalue weighted by molar-refractivity contribution is 7.91. The van der Waals surface area contributed by atoms with Gasteiger partial charge in [0.15, 0.2) is 15.0 Å². The monoisotopic (exact) mass is 388 g/mol. The number of aryl methyl sites for hydroxylation is 2. The van der Waals surface area contributed by atoms with E-state index >= 15 is 0 Å². The highest BCUT2D eigenvalue weighted by Gasteiger charge is 2.13. The molecule has 0 bridgehead atoms. The van der Waals surface area contributed by atoms with Crippen LogP contribution in [0.25, 0.3) is 10.2 Å². The topological polar surface area (TPSA) is 76.1 Å². The van der Waals surface area contributed by atoms with E-state index in [4.69, 9.17) is 0 Å². The SMILES string of the molecule is CCS(=O)(=O)c1ccc(CC(=O)Nc2nc3c(C)cc(C)cc3s2)cc1. The molecule has 0 saturated carbocycles. The molecule has 0 aliphatic carbocycles. The first kappa shape index (κ1) is 18.5. The van der Waals surface area contributed by atoms with Crippen LogP contribution in [0.1, 0.15) is 23.6 Å². The Morgan fingerprint density at radius 1 is 1.15 bits per heavy atom. The van der Waals surface area contributed by atoms with E-state index in [0.29, 0.717) is 5.13 Å². The fourth-order valence-electron chi connectivity index (χ4n) is 2.75. The fraction of sp³-hybridized carbons (Fsp3) is 0.263. The number of amides is 1. The first-order valence-corrected chi connectivity index (χ1v) is 10.7. The van der Waals surface area contributed by atoms with Gasteiger partial charge in [-0.05, 0) is 48.7 Å². The molecule has 0 atom stereocenters. The number of fused-ring (bicyclic) bond motifs is 1. The van der Waals surface area contributed by atoms with E-state index in [0.717, 1.165) is 21.3 Å². The number of carbonyl (C=O) groups excluding carboxylic acids is 1. The predicted octanol–water partition coefficient (Wildman–Crippen LogP) is 3.89. The second-order valence-electron chi connectivity index (χ2n) is 6.22. The third-order valence-corrected chi connectivity index (χ3v) is 6.77. The van der Waals surface area contributed by atoms with E-state index in [-0.39, 0.29) is 23.0 Å². The zero-order valence-corrected chi connectivity index (χ0v) is 16.5. The summed E-state index contributed by atoms with van der Waals surface area (Å²) in [5, 5.41) is 3.41. The van der Waals surface area contributed by atoms with Crippen molar-refractivity contribution >= 4 is 42.4 Å². The zero-order chi connectivity index (χ0) is 18.9. The first-order valence-electron chi connectivity index (χ1n) is 8.28. The minimum absolute atomic E-state index is 0.0589. The molecule has 1 N–H and O–H groups in total. The van der Waals surface area contributed by atoms with E-state index in [1.54, 1.807) is 31.2 Å². The van der Waals surface area contributed by atoms with E-state index in [1.807, 2.05) is 13.8 Å². The van der Waals surface area contributed by atoms with Gasteiger partial charge >= 0.3 is 0 Å². The minimum Gasteiger partial charge on any atom is -0.302 e. The molecule has 2 aromatic carbocycles. The van der Waals surface area contributed by atoms with E-state index < -0.39 is 9.84 Å². The van der Waals surface area contributed by atoms with Crippen LogP contribution < -0.4 is 5.32 Å². The average Bonchev–Trinajstić information content (AvgIpc) is 2.97. The summed E-state index contributed by atoms with van der Waals surface area (Å²) in [5.41, 5.74) is 3.92. The molecule has 0 saturated heterocycles. The Balaban J connectivity index is 1.72. The van der Waals surface area contributed by atoms with E-state index in [1.165, 1.54) is 16.9 Å². The molecule has 5 nitrogen and oxygen atoms in total. The fourth-order valence-corrected chi connectivity index (χ4v) is 4.70. The van der Waals surface area contributed by atoms with Crippen molar-refractivity contribution in [3.8, 4) is 0 Å². The van der Waals surface area contributed by atoms with Crippen LogP contribution in [0.5, 0.6) is 0 Å². The van der Waals surface area contributed by atoms with Crippen LogP contribution in [-0.2, 0) is 21.1 Å². The summed E-state index contributed by atoms with van der Waals surface area (Å²) in [5.74, 6) is -0.118. The van der Waals surface area contributed by atoms with Crippen molar-refractivity contribution in [2.75, 3.05) is 11.1 Å². The summed E-state index contributed by atoms with van der Waals surface area (Å²) in [4.78, 5) is 17.1. The lowest BCUT2D eigenvalue weighted by Gasteiger charge is -2.04. The van der Waals surface area contributed by atoms with Gasteiger partial charge in [-0.3, -0.25) is 4.79 Å². The molecular formula is C19H20N2O3S2. The highest BCUT2D eigenvalue weighted by Crippen LogP contribution is 2.29. The maximum atomic E-state index is 12.3. The molecule has 3 aromatic rings. The summed E-state index contributed by atoms with van der Waals surface area (Å²) in [6, 6.07) is 10.6. The van der Waals surface area contributed by atoms with Crippen LogP contribution in [0.4, 0.5) is 5.13 Å². The first-order chi connectivity index (χ1) is 12.3. The molecule has 0 radical (unpaired) electrons. The third kappa shape index (κ3) is 3.94. The lowest BCUT2D eigenvalue weighted by Crippen LogP contribution is -2.14. The van der Waals surface area contributed by atoms with Crippen molar-refractivity contribution < 1.29 is 13.2 Å². The summed E-state index contributed by atoms with van der Waals surface area (Å²) < 4.78 is 24.7. The minimum atomic E-state index is -3.22. The Labute approximate surface area is 157 Å². The predicted molar refractivity (Wildman–Crippen MR) is 106 cm³/mol. The number of anilines is 1. The Hall–Kier alpha value is -2.25. The van der Waals surface area contributed by atoms with Crippen LogP contribution in [-0.4, -0.2) is 25.1 Å². The van der Waals surface area contributed by atoms with Crippen molar-refractivity contribution in [1.82, 2.24) is 4.98 Å². The zero-order valence-electron chi connectivity index (χ0n) is 14.9. The van der Waals surface area contributed by atoms with Crippen molar-refractivity contribution in [1.29, 1.82) is 0 Å². The van der Waals surface area contributed by atoms with E-state index in [9.17, 15) is 13.2 Å². The molecule has 1 heterocycles. The standard InChI is InChI=1S/C19H20N2O3S2/c1-4-26(23,24)15-7-5-14(6-8-15)11-17(22)20-19-21-18-13(3)9-12(2)10-16(18)25-19/h5-10H,4,11H2,1-3H3,(H,20,21,22). The molecule has 26 heavy (non-hydrogen) atoms. The Bertz CT molecular complexity index is 1070. The third-order valence-electron chi connectivity index (χ3n) is 4.10. The summed E-state index contributed by atoms with van der Waals surface area (Å²) in [6.07, 6.45) is 0.167. The number of nitrogens with zero attached hydrogens (tertiary/aromatic N) is 1. The second kappa shape index (κ2) is 7.17. The molecule has 0 unspecified atom stereocenters. The number of aromatic nitrogens is 1. The summed E-state index contributed by atoms with van der Waals surface area (Å²) in [6.45, 7) is 5.65. The Morgan fingerprint density at radius 2 is 1.85 bits per heavy atom. The molecule has 7 heteroatoms. The van der Waals surface area contributed by atoms with Crippen LogP contribution in [0.2, 0.25) is 0 Å². The Kier molecular flexibility index (Phi) is 5.11. The maximum absolute atomic E-state index is 12.3. The van der Waals surface area contributed by atoms with Crippen molar-refractivity contribution in [3.63, 3.8) is 0 Å². The van der Waals surface area contributed by atoms with Gasteiger partial charge in [0.25, 0.3) is 0 Å². The van der Waals surface area contributed by atoms with Gasteiger partial charge in [-0.2, -0.15) is 0 Å². The van der Waals surface area contributed by atoms with Crippen molar-refractivity contribution in [2.45, 2.75) is 32.1 Å². The van der Waals surface area contributed by atoms with E-state index in [2.05, 4.69) is 22.4 Å². The molecule has 0 aliphatic heterocycles. The molecule has 0 spiro atoms. The van der Waals surface area contributed by atoms with Gasteiger partial charge in [-0.1, -0.05) is 36.5 Å². The number of hydrogen-bond acceptors (Lipinski definition) is 5. The molecule has 136 valence electrons. The van der Waals surface area contributed by atoms with Crippen LogP contribution in [0, 0.1) is 13.8 Å². The maximum Gasteiger partial charge on any atom is 0.230 e. The van der Waals surface area contributed by atoms with Gasteiger partial charge in [0.05, 0.1) is 27.3 Å². The molecular weight excluding hydrogens is 368 g/mol. The second-order valence-corrected chi connectivity index (χ2v) is 9.53. The number of nitrogens with one attached hydrogen (secondary N) is 1. The smallest absolute Gasteiger partial charge is 0.230 e. The number of thiazole rings is 1. The van der Waals surface area contributed by atoms with Crippen LogP contribution in [0.15, 0.2) is 41.3 Å². The molecule has 1 aromatic heterocycles. The molecule has 0 aliphatic rings. The molecule has 1 amide bonds. The normalized spacial score (nSPS) is 11.7. The summed E-state index contributed by atoms with van der Waals surface area (Å²) in [7, 11) is -3.22. The Morgan fingerprint density at radius 3 is 2.50 bits per heavy atom. The van der Waals surface area contributed by atoms with Gasteiger partial charge in [0, 0.05) is 0 Å². The molecule has 3 rings (SSSR count). The molecule has 0 fully saturated rings. The summed E-state index contributed by atoms with van der Waals surface area (Å²) >= 11 is 1.45. The quantitative estimate of drug-likeness (QED) is 0.719. The van der Waals surface area contributed by atoms with Gasteiger partial charge in [-0.25, -0.2) is 13.4 Å². The van der Waals surface area contributed by atoms with Gasteiger partial charge in [0.2, 0.25) is 5.91 Å². The van der Waals surface area contributed by atoms with Crippen LogP contribution >= 0.6 is 11.3 Å². The number of benzene rings is 2. The largest absolute Gasteiger partial charge is 0.302 e. The lowest BCUT2D eigenvalue weighted by molar-refractivity contribution is -0.115. The number of hydrogen-bond donors (Lipinski definition) is 1. The van der Waals surface area contributed by atoms with Gasteiger partial charge in [0.1, 0.15) is 0 Å². The number of rotatable bonds is 5. The number of sulfone groups is 1. The van der Waals surface area contributed by atoms with Gasteiger partial charge < -0.3 is 5.32 Å². The average molecular weight is 389 g/mol. The van der Waals surface area contributed by atoms with Crippen LogP contribution in [0.3, 0.4) is 0 Å². The number of carbonyl (C=O) groups is 1. The highest BCUT2D eigenvalue weighted by atomic mass is 32.2. The van der Waals surface area contributed by atoms with Crippen molar-refractivity contribution in [3.05, 3.63) is 53.1 Å². The lowest BCUT2D eigenvalue weighted by atomic mass is 10.1.